The van der Waals surface area contributed by atoms with Gasteiger partial charge < -0.3 is 10.6 Å². The number of rotatable bonds is 1. The molecule has 1 saturated heterocycles. The van der Waals surface area contributed by atoms with Crippen molar-refractivity contribution < 1.29 is 0 Å². The van der Waals surface area contributed by atoms with Crippen LogP contribution in [0.25, 0.3) is 0 Å². The molecule has 13 heavy (non-hydrogen) atoms. The minimum absolute atomic E-state index is 0.277. The van der Waals surface area contributed by atoms with Gasteiger partial charge in [0.1, 0.15) is 11.8 Å². The van der Waals surface area contributed by atoms with Gasteiger partial charge in [-0.1, -0.05) is 0 Å². The molecule has 0 bridgehead atoms. The summed E-state index contributed by atoms with van der Waals surface area (Å²) in [6.07, 6.45) is 1.65. The monoisotopic (exact) mass is 174 g/mol. The Hall–Kier alpha value is -1.60. The van der Waals surface area contributed by atoms with Gasteiger partial charge in [0.25, 0.3) is 0 Å². The lowest BCUT2D eigenvalue weighted by Crippen LogP contribution is -2.55. The van der Waals surface area contributed by atoms with Gasteiger partial charge in [-0.25, -0.2) is 4.98 Å². The van der Waals surface area contributed by atoms with E-state index in [0.29, 0.717) is 5.69 Å². The molecule has 1 fully saturated rings. The number of pyridine rings is 1. The topological polar surface area (TPSA) is 65.9 Å². The predicted molar refractivity (Wildman–Crippen MR) is 49.1 cm³/mol. The molecule has 1 aromatic heterocycles. The first kappa shape index (κ1) is 8.02. The van der Waals surface area contributed by atoms with Gasteiger partial charge in [-0.15, -0.1) is 0 Å². The summed E-state index contributed by atoms with van der Waals surface area (Å²) >= 11 is 0. The molecule has 1 aliphatic rings. The molecule has 1 aliphatic heterocycles. The molecule has 0 aliphatic carbocycles. The largest absolute Gasteiger partial charge is 0.368 e. The third kappa shape index (κ3) is 1.46. The molecule has 4 nitrogen and oxygen atoms in total. The van der Waals surface area contributed by atoms with Crippen molar-refractivity contribution in [1.29, 1.82) is 5.26 Å². The first-order valence-electron chi connectivity index (χ1n) is 4.16. The Balaban J connectivity index is 2.18. The summed E-state index contributed by atoms with van der Waals surface area (Å²) in [7, 11) is 0. The van der Waals surface area contributed by atoms with E-state index in [1.165, 1.54) is 0 Å². The van der Waals surface area contributed by atoms with Crippen LogP contribution in [0.2, 0.25) is 0 Å². The van der Waals surface area contributed by atoms with E-state index in [9.17, 15) is 0 Å². The molecule has 0 spiro atoms. The lowest BCUT2D eigenvalue weighted by Gasteiger charge is -2.38. The van der Waals surface area contributed by atoms with E-state index in [2.05, 4.69) is 9.88 Å². The number of nitrogens with zero attached hydrogens (tertiary/aromatic N) is 3. The Labute approximate surface area is 76.6 Å². The van der Waals surface area contributed by atoms with Crippen LogP contribution in [0.5, 0.6) is 0 Å². The van der Waals surface area contributed by atoms with Crippen LogP contribution in [0.3, 0.4) is 0 Å². The molecule has 2 heterocycles. The van der Waals surface area contributed by atoms with E-state index < -0.39 is 0 Å². The van der Waals surface area contributed by atoms with E-state index in [4.69, 9.17) is 11.0 Å². The highest BCUT2D eigenvalue weighted by Crippen LogP contribution is 2.19. The van der Waals surface area contributed by atoms with Crippen molar-refractivity contribution in [1.82, 2.24) is 4.98 Å². The van der Waals surface area contributed by atoms with Crippen molar-refractivity contribution in [3.63, 3.8) is 0 Å². The molecule has 2 rings (SSSR count). The molecule has 0 saturated carbocycles. The predicted octanol–water partition coefficient (Wildman–Crippen LogP) is 0.101. The maximum Gasteiger partial charge on any atom is 0.142 e. The fraction of sp³-hybridized carbons (Fsp3) is 0.333. The summed E-state index contributed by atoms with van der Waals surface area (Å²) in [6.45, 7) is 1.74. The summed E-state index contributed by atoms with van der Waals surface area (Å²) in [4.78, 5) is 6.03. The van der Waals surface area contributed by atoms with E-state index in [1.807, 2.05) is 12.1 Å². The van der Waals surface area contributed by atoms with Gasteiger partial charge in [-0.3, -0.25) is 0 Å². The second-order valence-electron chi connectivity index (χ2n) is 3.18. The minimum Gasteiger partial charge on any atom is -0.368 e. The van der Waals surface area contributed by atoms with Gasteiger partial charge in [0.15, 0.2) is 0 Å². The number of anilines is 1. The third-order valence-corrected chi connectivity index (χ3v) is 2.13. The molecule has 2 N–H and O–H groups in total. The van der Waals surface area contributed by atoms with E-state index >= 15 is 0 Å². The number of aromatic nitrogens is 1. The van der Waals surface area contributed by atoms with Gasteiger partial charge >= 0.3 is 0 Å². The Morgan fingerprint density at radius 1 is 1.62 bits per heavy atom. The average molecular weight is 174 g/mol. The van der Waals surface area contributed by atoms with Crippen molar-refractivity contribution >= 4 is 5.69 Å². The normalized spacial score (nSPS) is 16.5. The highest BCUT2D eigenvalue weighted by molar-refractivity contribution is 5.51. The van der Waals surface area contributed by atoms with E-state index in [1.54, 1.807) is 12.3 Å². The van der Waals surface area contributed by atoms with Gasteiger partial charge in [0.2, 0.25) is 0 Å². The van der Waals surface area contributed by atoms with Crippen LogP contribution < -0.4 is 10.6 Å². The van der Waals surface area contributed by atoms with Crippen LogP contribution in [0.1, 0.15) is 5.69 Å². The molecule has 1 aromatic rings. The van der Waals surface area contributed by atoms with Crippen LogP contribution in [0.4, 0.5) is 5.69 Å². The number of hydrogen-bond donors (Lipinski definition) is 1. The van der Waals surface area contributed by atoms with Gasteiger partial charge in [-0.05, 0) is 12.1 Å². The Morgan fingerprint density at radius 2 is 2.38 bits per heavy atom. The van der Waals surface area contributed by atoms with Crippen LogP contribution in [0, 0.1) is 11.3 Å². The summed E-state index contributed by atoms with van der Waals surface area (Å²) < 4.78 is 0. The Morgan fingerprint density at radius 3 is 3.00 bits per heavy atom. The molecule has 0 atom stereocenters. The van der Waals surface area contributed by atoms with Crippen LogP contribution in [0.15, 0.2) is 18.3 Å². The molecule has 0 radical (unpaired) electrons. The summed E-state index contributed by atoms with van der Waals surface area (Å²) in [5, 5.41) is 8.63. The van der Waals surface area contributed by atoms with Crippen LogP contribution in [-0.4, -0.2) is 24.1 Å². The fourth-order valence-electron chi connectivity index (χ4n) is 1.40. The second kappa shape index (κ2) is 3.04. The molecular weight excluding hydrogens is 164 g/mol. The zero-order valence-electron chi connectivity index (χ0n) is 7.14. The van der Waals surface area contributed by atoms with Crippen LogP contribution in [-0.2, 0) is 0 Å². The van der Waals surface area contributed by atoms with Crippen molar-refractivity contribution in [3.05, 3.63) is 24.0 Å². The lowest BCUT2D eigenvalue weighted by atomic mass is 10.1. The SMILES string of the molecule is N#Cc1cc(N2CC(N)C2)ccn1. The smallest absolute Gasteiger partial charge is 0.142 e. The number of hydrogen-bond acceptors (Lipinski definition) is 4. The van der Waals surface area contributed by atoms with Gasteiger partial charge in [-0.2, -0.15) is 5.26 Å². The van der Waals surface area contributed by atoms with Crippen LogP contribution >= 0.6 is 0 Å². The Kier molecular flexibility index (Phi) is 1.87. The average Bonchev–Trinajstić information content (AvgIpc) is 2.13. The molecule has 0 amide bonds. The maximum atomic E-state index is 8.63. The molecule has 0 unspecified atom stereocenters. The molecule has 0 aromatic carbocycles. The van der Waals surface area contributed by atoms with Crippen molar-refractivity contribution in [2.45, 2.75) is 6.04 Å². The Bertz CT molecular complexity index is 349. The summed E-state index contributed by atoms with van der Waals surface area (Å²) in [5.41, 5.74) is 7.15. The fourth-order valence-corrected chi connectivity index (χ4v) is 1.40. The number of nitriles is 1. The minimum atomic E-state index is 0.277. The highest BCUT2D eigenvalue weighted by atomic mass is 15.2. The summed E-state index contributed by atoms with van der Waals surface area (Å²) in [5.74, 6) is 0. The van der Waals surface area contributed by atoms with Crippen molar-refractivity contribution in [2.24, 2.45) is 5.73 Å². The van der Waals surface area contributed by atoms with Gasteiger partial charge in [0, 0.05) is 31.0 Å². The zero-order chi connectivity index (χ0) is 9.26. The second-order valence-corrected chi connectivity index (χ2v) is 3.18. The first-order valence-corrected chi connectivity index (χ1v) is 4.16. The van der Waals surface area contributed by atoms with Crippen molar-refractivity contribution in [2.75, 3.05) is 18.0 Å². The van der Waals surface area contributed by atoms with Gasteiger partial charge in [0.05, 0.1) is 0 Å². The molecule has 66 valence electrons. The highest BCUT2D eigenvalue weighted by Gasteiger charge is 2.23. The number of nitrogens with two attached hydrogens (primary N) is 1. The van der Waals surface area contributed by atoms with E-state index in [-0.39, 0.29) is 6.04 Å². The quantitative estimate of drug-likeness (QED) is 0.655. The maximum absolute atomic E-state index is 8.63. The zero-order valence-corrected chi connectivity index (χ0v) is 7.14. The van der Waals surface area contributed by atoms with E-state index in [0.717, 1.165) is 18.8 Å². The first-order chi connectivity index (χ1) is 6.29. The molecular formula is C9H10N4. The standard InChI is InChI=1S/C9H10N4/c10-4-8-3-9(1-2-12-8)13-5-7(11)6-13/h1-3,7H,5-6,11H2. The summed E-state index contributed by atoms with van der Waals surface area (Å²) in [6, 6.07) is 5.97. The molecule has 4 heteroatoms. The van der Waals surface area contributed by atoms with Crippen molar-refractivity contribution in [3.8, 4) is 6.07 Å². The lowest BCUT2D eigenvalue weighted by molar-refractivity contribution is 0.519. The third-order valence-electron chi connectivity index (χ3n) is 2.13.